The molecule has 0 spiro atoms. The third-order valence-corrected chi connectivity index (χ3v) is 4.74. The van der Waals surface area contributed by atoms with Crippen LogP contribution in [0.25, 0.3) is 5.69 Å². The summed E-state index contributed by atoms with van der Waals surface area (Å²) in [5, 5.41) is 4.53. The third-order valence-electron chi connectivity index (χ3n) is 4.74. The van der Waals surface area contributed by atoms with Crippen LogP contribution in [-0.4, -0.2) is 71.4 Å². The van der Waals surface area contributed by atoms with Gasteiger partial charge in [0.1, 0.15) is 0 Å². The highest BCUT2D eigenvalue weighted by Gasteiger charge is 2.26. The monoisotopic (exact) mass is 342 g/mol. The van der Waals surface area contributed by atoms with Crippen molar-refractivity contribution in [2.24, 2.45) is 0 Å². The van der Waals surface area contributed by atoms with Gasteiger partial charge in [-0.25, -0.2) is 4.68 Å². The first-order chi connectivity index (χ1) is 12.1. The zero-order chi connectivity index (χ0) is 17.8. The summed E-state index contributed by atoms with van der Waals surface area (Å²) >= 11 is 0. The molecule has 2 aromatic rings. The zero-order valence-corrected chi connectivity index (χ0v) is 15.2. The fraction of sp³-hybridized carbons (Fsp3) is 0.474. The summed E-state index contributed by atoms with van der Waals surface area (Å²) in [6, 6.07) is 12.1. The Morgan fingerprint density at radius 3 is 2.52 bits per heavy atom. The molecule has 0 bridgehead atoms. The van der Waals surface area contributed by atoms with Crippen molar-refractivity contribution in [3.05, 3.63) is 47.8 Å². The highest BCUT2D eigenvalue weighted by Crippen LogP contribution is 2.15. The number of carbonyl (C=O) groups is 1. The summed E-state index contributed by atoms with van der Waals surface area (Å²) in [5.41, 5.74) is 2.44. The smallest absolute Gasteiger partial charge is 0.274 e. The summed E-state index contributed by atoms with van der Waals surface area (Å²) in [4.78, 5) is 17.1. The van der Waals surface area contributed by atoms with Crippen molar-refractivity contribution in [1.29, 1.82) is 0 Å². The lowest BCUT2D eigenvalue weighted by Crippen LogP contribution is -2.52. The molecular formula is C19H26N4O2. The molecule has 1 aromatic carbocycles. The number of amides is 1. The zero-order valence-electron chi connectivity index (χ0n) is 15.2. The number of ether oxygens (including phenoxy) is 1. The van der Waals surface area contributed by atoms with Crippen LogP contribution in [-0.2, 0) is 4.74 Å². The molecule has 0 radical (unpaired) electrons. The molecule has 134 valence electrons. The molecule has 6 nitrogen and oxygen atoms in total. The van der Waals surface area contributed by atoms with Crippen molar-refractivity contribution in [2.75, 3.05) is 39.9 Å². The number of rotatable bonds is 5. The molecule has 1 aliphatic heterocycles. The van der Waals surface area contributed by atoms with Gasteiger partial charge in [-0.1, -0.05) is 18.2 Å². The molecule has 1 saturated heterocycles. The minimum Gasteiger partial charge on any atom is -0.383 e. The maximum atomic E-state index is 12.8. The summed E-state index contributed by atoms with van der Waals surface area (Å²) < 4.78 is 7.05. The Labute approximate surface area is 149 Å². The minimum atomic E-state index is 0.0109. The molecule has 1 amide bonds. The molecule has 1 fully saturated rings. The number of aryl methyl sites for hydroxylation is 1. The van der Waals surface area contributed by atoms with Crippen molar-refractivity contribution in [3.8, 4) is 5.69 Å². The van der Waals surface area contributed by atoms with E-state index in [1.807, 2.05) is 52.9 Å². The van der Waals surface area contributed by atoms with E-state index in [2.05, 4.69) is 16.9 Å². The van der Waals surface area contributed by atoms with Gasteiger partial charge in [0, 0.05) is 45.0 Å². The van der Waals surface area contributed by atoms with Crippen LogP contribution in [0, 0.1) is 6.92 Å². The Morgan fingerprint density at radius 2 is 1.88 bits per heavy atom. The Morgan fingerprint density at radius 1 is 1.20 bits per heavy atom. The Balaban J connectivity index is 1.67. The normalized spacial score (nSPS) is 16.8. The van der Waals surface area contributed by atoms with Crippen LogP contribution in [0.2, 0.25) is 0 Å². The van der Waals surface area contributed by atoms with Crippen LogP contribution in [0.5, 0.6) is 0 Å². The average Bonchev–Trinajstić information content (AvgIpc) is 3.04. The lowest BCUT2D eigenvalue weighted by Gasteiger charge is -2.37. The molecule has 3 rings (SSSR count). The molecule has 1 aliphatic rings. The predicted octanol–water partition coefficient (Wildman–Crippen LogP) is 1.97. The van der Waals surface area contributed by atoms with Crippen LogP contribution in [0.1, 0.15) is 23.1 Å². The van der Waals surface area contributed by atoms with Crippen molar-refractivity contribution >= 4 is 5.91 Å². The molecule has 0 saturated carbocycles. The van der Waals surface area contributed by atoms with Crippen molar-refractivity contribution in [3.63, 3.8) is 0 Å². The first-order valence-corrected chi connectivity index (χ1v) is 8.74. The number of benzene rings is 1. The van der Waals surface area contributed by atoms with E-state index < -0.39 is 0 Å². The second kappa shape index (κ2) is 7.80. The number of methoxy groups -OCH3 is 1. The molecule has 25 heavy (non-hydrogen) atoms. The lowest BCUT2D eigenvalue weighted by atomic mass is 10.2. The summed E-state index contributed by atoms with van der Waals surface area (Å²) in [5.74, 6) is 0.0109. The van der Waals surface area contributed by atoms with Gasteiger partial charge in [0.25, 0.3) is 5.91 Å². The fourth-order valence-corrected chi connectivity index (χ4v) is 3.28. The molecular weight excluding hydrogens is 316 g/mol. The summed E-state index contributed by atoms with van der Waals surface area (Å²) in [6.07, 6.45) is 0. The average molecular weight is 342 g/mol. The second-order valence-corrected chi connectivity index (χ2v) is 6.55. The Hall–Kier alpha value is -2.18. The highest BCUT2D eigenvalue weighted by molar-refractivity contribution is 5.92. The van der Waals surface area contributed by atoms with E-state index in [4.69, 9.17) is 4.74 Å². The van der Waals surface area contributed by atoms with Crippen LogP contribution in [0.4, 0.5) is 0 Å². The van der Waals surface area contributed by atoms with Crippen LogP contribution < -0.4 is 0 Å². The second-order valence-electron chi connectivity index (χ2n) is 6.55. The number of aromatic nitrogens is 2. The van der Waals surface area contributed by atoms with Crippen LogP contribution in [0.15, 0.2) is 36.4 Å². The van der Waals surface area contributed by atoms with E-state index in [9.17, 15) is 4.79 Å². The number of carbonyl (C=O) groups excluding carboxylic acids is 1. The maximum absolute atomic E-state index is 12.8. The van der Waals surface area contributed by atoms with Crippen LogP contribution in [0.3, 0.4) is 0 Å². The molecule has 1 atom stereocenters. The van der Waals surface area contributed by atoms with E-state index in [0.29, 0.717) is 18.3 Å². The molecule has 1 aromatic heterocycles. The van der Waals surface area contributed by atoms with Gasteiger partial charge in [0.2, 0.25) is 0 Å². The van der Waals surface area contributed by atoms with E-state index in [-0.39, 0.29) is 5.91 Å². The van der Waals surface area contributed by atoms with Crippen molar-refractivity contribution in [2.45, 2.75) is 19.9 Å². The molecule has 1 unspecified atom stereocenters. The van der Waals surface area contributed by atoms with Gasteiger partial charge in [0.15, 0.2) is 5.69 Å². The number of hydrogen-bond donors (Lipinski definition) is 0. The first-order valence-electron chi connectivity index (χ1n) is 8.74. The van der Waals surface area contributed by atoms with Gasteiger partial charge < -0.3 is 9.64 Å². The Kier molecular flexibility index (Phi) is 5.50. The molecule has 0 N–H and O–H groups in total. The van der Waals surface area contributed by atoms with E-state index >= 15 is 0 Å². The standard InChI is InChI=1S/C19H26N4O2/c1-15-13-18(20-23(15)17-7-5-4-6-8-17)19(24)22-11-9-21(10-12-22)16(2)14-25-3/h4-8,13,16H,9-12,14H2,1-3H3. The summed E-state index contributed by atoms with van der Waals surface area (Å²) in [7, 11) is 1.72. The third kappa shape index (κ3) is 3.91. The number of piperazine rings is 1. The van der Waals surface area contributed by atoms with E-state index in [1.54, 1.807) is 7.11 Å². The van der Waals surface area contributed by atoms with Crippen molar-refractivity contribution in [1.82, 2.24) is 19.6 Å². The summed E-state index contributed by atoms with van der Waals surface area (Å²) in [6.45, 7) is 8.04. The van der Waals surface area contributed by atoms with Gasteiger partial charge >= 0.3 is 0 Å². The number of nitrogens with zero attached hydrogens (tertiary/aromatic N) is 4. The largest absolute Gasteiger partial charge is 0.383 e. The topological polar surface area (TPSA) is 50.6 Å². The number of hydrogen-bond acceptors (Lipinski definition) is 4. The highest BCUT2D eigenvalue weighted by atomic mass is 16.5. The quantitative estimate of drug-likeness (QED) is 0.834. The van der Waals surface area contributed by atoms with Gasteiger partial charge in [-0.05, 0) is 32.0 Å². The predicted molar refractivity (Wildman–Crippen MR) is 97.1 cm³/mol. The minimum absolute atomic E-state index is 0.0109. The fourth-order valence-electron chi connectivity index (χ4n) is 3.28. The SMILES string of the molecule is COCC(C)N1CCN(C(=O)c2cc(C)n(-c3ccccc3)n2)CC1. The van der Waals surface area contributed by atoms with Crippen molar-refractivity contribution < 1.29 is 9.53 Å². The van der Waals surface area contributed by atoms with E-state index in [0.717, 1.165) is 37.6 Å². The number of para-hydroxylation sites is 1. The van der Waals surface area contributed by atoms with E-state index in [1.165, 1.54) is 0 Å². The van der Waals surface area contributed by atoms with Gasteiger partial charge in [-0.3, -0.25) is 9.69 Å². The lowest BCUT2D eigenvalue weighted by molar-refractivity contribution is 0.0445. The van der Waals surface area contributed by atoms with Gasteiger partial charge in [-0.15, -0.1) is 0 Å². The van der Waals surface area contributed by atoms with Gasteiger partial charge in [0.05, 0.1) is 12.3 Å². The van der Waals surface area contributed by atoms with Crippen LogP contribution >= 0.6 is 0 Å². The Bertz CT molecular complexity index is 705. The molecule has 2 heterocycles. The first kappa shape index (κ1) is 17.6. The molecule has 6 heteroatoms. The maximum Gasteiger partial charge on any atom is 0.274 e. The molecule has 0 aliphatic carbocycles. The van der Waals surface area contributed by atoms with Gasteiger partial charge in [-0.2, -0.15) is 5.10 Å².